The van der Waals surface area contributed by atoms with Crippen LogP contribution in [0.25, 0.3) is 0 Å². The third-order valence-electron chi connectivity index (χ3n) is 5.41. The van der Waals surface area contributed by atoms with Crippen LogP contribution in [0, 0.1) is 5.92 Å². The number of fused-ring (bicyclic) bond motifs is 4. The lowest BCUT2D eigenvalue weighted by Crippen LogP contribution is -2.71. The highest BCUT2D eigenvalue weighted by atomic mass is 79.9. The molecule has 1 saturated heterocycles. The quantitative estimate of drug-likeness (QED) is 0.486. The summed E-state index contributed by atoms with van der Waals surface area (Å²) in [6.45, 7) is 6.50. The van der Waals surface area contributed by atoms with Gasteiger partial charge in [0, 0.05) is 15.7 Å². The predicted molar refractivity (Wildman–Crippen MR) is 122 cm³/mol. The summed E-state index contributed by atoms with van der Waals surface area (Å²) in [5.41, 5.74) is 0.605. The van der Waals surface area contributed by atoms with Crippen molar-refractivity contribution in [1.82, 2.24) is 5.32 Å². The van der Waals surface area contributed by atoms with Gasteiger partial charge in [0.15, 0.2) is 5.11 Å². The summed E-state index contributed by atoms with van der Waals surface area (Å²) in [6, 6.07) is 13.0. The maximum absolute atomic E-state index is 13.1. The second-order valence-electron chi connectivity index (χ2n) is 7.26. The van der Waals surface area contributed by atoms with Gasteiger partial charge in [-0.3, -0.25) is 9.69 Å². The lowest BCUT2D eigenvalue weighted by atomic mass is 9.79. The van der Waals surface area contributed by atoms with Crippen molar-refractivity contribution in [3.05, 3.63) is 52.5 Å². The standard InChI is InChI=1S/C22H23BrN2O4S/c1-4-27-15-9-7-14(8-10-15)25-21(30)24-19-16-12-13(23)6-11-17(16)29-22(25,3)18(19)20(26)28-5-2/h6-12,18-19H,4-5H2,1-3H3,(H,24,30)/t18-,19+,22+/m1/s1. The van der Waals surface area contributed by atoms with Crippen molar-refractivity contribution in [1.29, 1.82) is 0 Å². The van der Waals surface area contributed by atoms with Gasteiger partial charge in [0.25, 0.3) is 0 Å². The highest BCUT2D eigenvalue weighted by molar-refractivity contribution is 9.10. The topological polar surface area (TPSA) is 60.0 Å². The van der Waals surface area contributed by atoms with E-state index in [1.165, 1.54) is 0 Å². The van der Waals surface area contributed by atoms with E-state index in [4.69, 9.17) is 26.4 Å². The average Bonchev–Trinajstić information content (AvgIpc) is 2.70. The zero-order chi connectivity index (χ0) is 21.5. The van der Waals surface area contributed by atoms with Crippen LogP contribution >= 0.6 is 28.1 Å². The number of nitrogens with zero attached hydrogens (tertiary/aromatic N) is 1. The van der Waals surface area contributed by atoms with Gasteiger partial charge in [0.1, 0.15) is 17.4 Å². The van der Waals surface area contributed by atoms with Gasteiger partial charge in [-0.2, -0.15) is 0 Å². The van der Waals surface area contributed by atoms with Crippen molar-refractivity contribution < 1.29 is 19.0 Å². The summed E-state index contributed by atoms with van der Waals surface area (Å²) in [5, 5.41) is 3.84. The Morgan fingerprint density at radius 1 is 1.23 bits per heavy atom. The van der Waals surface area contributed by atoms with E-state index in [0.717, 1.165) is 21.5 Å². The molecule has 3 atom stereocenters. The molecule has 1 N–H and O–H groups in total. The van der Waals surface area contributed by atoms with Gasteiger partial charge in [-0.25, -0.2) is 0 Å². The fraction of sp³-hybridized carbons (Fsp3) is 0.364. The first-order valence-electron chi connectivity index (χ1n) is 9.87. The molecule has 0 unspecified atom stereocenters. The van der Waals surface area contributed by atoms with Crippen molar-refractivity contribution in [2.75, 3.05) is 18.1 Å². The molecule has 30 heavy (non-hydrogen) atoms. The Labute approximate surface area is 189 Å². The van der Waals surface area contributed by atoms with Crippen LogP contribution < -0.4 is 19.7 Å². The van der Waals surface area contributed by atoms with Crippen LogP contribution in [0.15, 0.2) is 46.9 Å². The molecule has 4 rings (SSSR count). The number of carbonyl (C=O) groups is 1. The predicted octanol–water partition coefficient (Wildman–Crippen LogP) is 4.57. The normalized spacial score (nSPS) is 24.4. The van der Waals surface area contributed by atoms with Crippen molar-refractivity contribution >= 4 is 44.9 Å². The first-order valence-corrected chi connectivity index (χ1v) is 11.1. The molecule has 6 nitrogen and oxygen atoms in total. The van der Waals surface area contributed by atoms with Gasteiger partial charge >= 0.3 is 5.97 Å². The number of anilines is 1. The van der Waals surface area contributed by atoms with Crippen molar-refractivity contribution in [3.8, 4) is 11.5 Å². The van der Waals surface area contributed by atoms with Crippen molar-refractivity contribution in [3.63, 3.8) is 0 Å². The summed E-state index contributed by atoms with van der Waals surface area (Å²) in [4.78, 5) is 14.9. The molecule has 2 heterocycles. The van der Waals surface area contributed by atoms with E-state index < -0.39 is 11.6 Å². The Balaban J connectivity index is 1.83. The van der Waals surface area contributed by atoms with Crippen LogP contribution in [0.2, 0.25) is 0 Å². The molecule has 0 saturated carbocycles. The summed E-state index contributed by atoms with van der Waals surface area (Å²) < 4.78 is 18.4. The number of carbonyl (C=O) groups excluding carboxylic acids is 1. The highest BCUT2D eigenvalue weighted by Gasteiger charge is 2.59. The van der Waals surface area contributed by atoms with E-state index in [-0.39, 0.29) is 18.6 Å². The number of ether oxygens (including phenoxy) is 3. The average molecular weight is 491 g/mol. The third kappa shape index (κ3) is 3.41. The molecule has 8 heteroatoms. The molecule has 2 aromatic rings. The van der Waals surface area contributed by atoms with E-state index in [1.54, 1.807) is 6.92 Å². The molecule has 2 aromatic carbocycles. The number of rotatable bonds is 5. The van der Waals surface area contributed by atoms with Gasteiger partial charge in [0.05, 0.1) is 19.3 Å². The molecule has 1 fully saturated rings. The Kier molecular flexibility index (Phi) is 5.63. The molecule has 0 aliphatic carbocycles. The van der Waals surface area contributed by atoms with Crippen LogP contribution in [0.3, 0.4) is 0 Å². The van der Waals surface area contributed by atoms with Crippen LogP contribution in [0.5, 0.6) is 11.5 Å². The van der Waals surface area contributed by atoms with E-state index >= 15 is 0 Å². The number of thiocarbonyl (C=S) groups is 1. The number of nitrogens with one attached hydrogen (secondary N) is 1. The van der Waals surface area contributed by atoms with Gasteiger partial charge in [-0.1, -0.05) is 15.9 Å². The highest BCUT2D eigenvalue weighted by Crippen LogP contribution is 2.50. The number of hydrogen-bond donors (Lipinski definition) is 1. The van der Waals surface area contributed by atoms with E-state index in [9.17, 15) is 4.79 Å². The Bertz CT molecular complexity index is 984. The van der Waals surface area contributed by atoms with Crippen molar-refractivity contribution in [2.45, 2.75) is 32.5 Å². The first-order chi connectivity index (χ1) is 14.4. The summed E-state index contributed by atoms with van der Waals surface area (Å²) in [7, 11) is 0. The number of benzene rings is 2. The Morgan fingerprint density at radius 2 is 1.97 bits per heavy atom. The van der Waals surface area contributed by atoms with Gasteiger partial charge in [-0.15, -0.1) is 0 Å². The minimum absolute atomic E-state index is 0.289. The Hall–Kier alpha value is -2.32. The minimum atomic E-state index is -1.06. The Morgan fingerprint density at radius 3 is 2.63 bits per heavy atom. The first kappa shape index (κ1) is 20.9. The zero-order valence-electron chi connectivity index (χ0n) is 17.0. The summed E-state index contributed by atoms with van der Waals surface area (Å²) in [5.74, 6) is 0.512. The minimum Gasteiger partial charge on any atom is -0.494 e. The molecule has 2 aliphatic heterocycles. The molecule has 2 aliphatic rings. The fourth-order valence-corrected chi connectivity index (χ4v) is 4.99. The number of halogens is 1. The second-order valence-corrected chi connectivity index (χ2v) is 8.56. The number of esters is 1. The van der Waals surface area contributed by atoms with E-state index in [0.29, 0.717) is 17.5 Å². The maximum Gasteiger partial charge on any atom is 0.317 e. The molecular weight excluding hydrogens is 468 g/mol. The largest absolute Gasteiger partial charge is 0.494 e. The van der Waals surface area contributed by atoms with Gasteiger partial charge in [-0.05, 0) is 75.5 Å². The van der Waals surface area contributed by atoms with E-state index in [2.05, 4.69) is 21.2 Å². The third-order valence-corrected chi connectivity index (χ3v) is 6.20. The fourth-order valence-electron chi connectivity index (χ4n) is 4.19. The molecule has 0 amide bonds. The molecule has 0 radical (unpaired) electrons. The van der Waals surface area contributed by atoms with Crippen LogP contribution in [0.4, 0.5) is 5.69 Å². The van der Waals surface area contributed by atoms with Gasteiger partial charge in [0.2, 0.25) is 5.72 Å². The molecule has 2 bridgehead atoms. The zero-order valence-corrected chi connectivity index (χ0v) is 19.4. The molecular formula is C22H23BrN2O4S. The summed E-state index contributed by atoms with van der Waals surface area (Å²) in [6.07, 6.45) is 0. The maximum atomic E-state index is 13.1. The second kappa shape index (κ2) is 8.07. The monoisotopic (exact) mass is 490 g/mol. The smallest absolute Gasteiger partial charge is 0.317 e. The lowest BCUT2D eigenvalue weighted by Gasteiger charge is -2.55. The van der Waals surface area contributed by atoms with Crippen molar-refractivity contribution in [2.24, 2.45) is 5.92 Å². The molecule has 158 valence electrons. The molecule has 0 aromatic heterocycles. The van der Waals surface area contributed by atoms with Gasteiger partial charge < -0.3 is 19.5 Å². The summed E-state index contributed by atoms with van der Waals surface area (Å²) >= 11 is 9.24. The number of hydrogen-bond acceptors (Lipinski definition) is 5. The SMILES string of the molecule is CCOC(=O)[C@H]1[C@H]2NC(=S)N(c3ccc(OCC)cc3)[C@@]1(C)Oc1ccc(Br)cc12. The molecule has 0 spiro atoms. The van der Waals surface area contributed by atoms with Crippen LogP contribution in [-0.2, 0) is 9.53 Å². The van der Waals surface area contributed by atoms with Crippen LogP contribution in [-0.4, -0.2) is 30.0 Å². The van der Waals surface area contributed by atoms with E-state index in [1.807, 2.05) is 61.2 Å². The lowest BCUT2D eigenvalue weighted by molar-refractivity contribution is -0.159. The van der Waals surface area contributed by atoms with Crippen LogP contribution in [0.1, 0.15) is 32.4 Å².